The van der Waals surface area contributed by atoms with Gasteiger partial charge in [-0.2, -0.15) is 0 Å². The van der Waals surface area contributed by atoms with Gasteiger partial charge < -0.3 is 9.47 Å². The molecule has 80 valence electrons. The number of anilines is 1. The van der Waals surface area contributed by atoms with E-state index in [1.165, 1.54) is 15.6 Å². The van der Waals surface area contributed by atoms with Crippen molar-refractivity contribution in [1.82, 2.24) is 4.57 Å². The van der Waals surface area contributed by atoms with Gasteiger partial charge in [0.15, 0.2) is 3.95 Å². The molecule has 0 spiro atoms. The van der Waals surface area contributed by atoms with Gasteiger partial charge in [-0.1, -0.05) is 17.4 Å². The zero-order chi connectivity index (χ0) is 11.0. The average molecular weight is 256 g/mol. The highest BCUT2D eigenvalue weighted by Gasteiger charge is 2.14. The lowest BCUT2D eigenvalue weighted by Crippen LogP contribution is -2.08. The Morgan fingerprint density at radius 1 is 1.40 bits per heavy atom. The van der Waals surface area contributed by atoms with E-state index in [1.807, 2.05) is 7.05 Å². The van der Waals surface area contributed by atoms with Gasteiger partial charge in [0.1, 0.15) is 5.00 Å². The second-order valence-electron chi connectivity index (χ2n) is 3.45. The van der Waals surface area contributed by atoms with Crippen LogP contribution in [0.15, 0.2) is 17.5 Å². The highest BCUT2D eigenvalue weighted by molar-refractivity contribution is 7.73. The zero-order valence-electron chi connectivity index (χ0n) is 8.85. The van der Waals surface area contributed by atoms with E-state index in [9.17, 15) is 0 Å². The van der Waals surface area contributed by atoms with E-state index in [2.05, 4.69) is 41.1 Å². The SMILES string of the molecule is CN(C)c1sc(=S)n(C)c1-c1cccs1. The van der Waals surface area contributed by atoms with Gasteiger partial charge in [-0.05, 0) is 23.7 Å². The maximum Gasteiger partial charge on any atom is 0.163 e. The summed E-state index contributed by atoms with van der Waals surface area (Å²) in [7, 11) is 6.14. The van der Waals surface area contributed by atoms with Crippen LogP contribution >= 0.6 is 34.9 Å². The zero-order valence-corrected chi connectivity index (χ0v) is 11.3. The van der Waals surface area contributed by atoms with Crippen LogP contribution in [0.25, 0.3) is 10.6 Å². The summed E-state index contributed by atoms with van der Waals surface area (Å²) < 4.78 is 3.00. The maximum atomic E-state index is 5.31. The number of nitrogens with zero attached hydrogens (tertiary/aromatic N) is 2. The molecule has 2 rings (SSSR count). The van der Waals surface area contributed by atoms with E-state index in [1.54, 1.807) is 22.7 Å². The molecular formula is C10H12N2S3. The summed E-state index contributed by atoms with van der Waals surface area (Å²) in [4.78, 5) is 3.39. The van der Waals surface area contributed by atoms with Gasteiger partial charge in [-0.15, -0.1) is 11.3 Å². The molecule has 0 aliphatic carbocycles. The average Bonchev–Trinajstić information content (AvgIpc) is 2.76. The normalized spacial score (nSPS) is 10.6. The molecular weight excluding hydrogens is 244 g/mol. The molecule has 0 N–H and O–H groups in total. The summed E-state index contributed by atoms with van der Waals surface area (Å²) in [6.45, 7) is 0. The van der Waals surface area contributed by atoms with Crippen LogP contribution in [0.4, 0.5) is 5.00 Å². The molecule has 0 saturated heterocycles. The van der Waals surface area contributed by atoms with Crippen molar-refractivity contribution in [3.05, 3.63) is 21.5 Å². The predicted octanol–water partition coefficient (Wildman–Crippen LogP) is 3.61. The van der Waals surface area contributed by atoms with Crippen LogP contribution < -0.4 is 4.90 Å². The first kappa shape index (κ1) is 10.9. The van der Waals surface area contributed by atoms with E-state index in [-0.39, 0.29) is 0 Å². The van der Waals surface area contributed by atoms with Crippen molar-refractivity contribution in [2.75, 3.05) is 19.0 Å². The van der Waals surface area contributed by atoms with Crippen molar-refractivity contribution in [2.24, 2.45) is 7.05 Å². The number of hydrogen-bond acceptors (Lipinski definition) is 4. The van der Waals surface area contributed by atoms with Crippen molar-refractivity contribution in [3.8, 4) is 10.6 Å². The molecule has 0 aliphatic rings. The van der Waals surface area contributed by atoms with Crippen molar-refractivity contribution in [2.45, 2.75) is 0 Å². The number of aromatic nitrogens is 1. The highest BCUT2D eigenvalue weighted by Crippen LogP contribution is 2.37. The predicted molar refractivity (Wildman–Crippen MR) is 71.8 cm³/mol. The lowest BCUT2D eigenvalue weighted by molar-refractivity contribution is 0.928. The Morgan fingerprint density at radius 2 is 2.13 bits per heavy atom. The molecule has 0 aliphatic heterocycles. The van der Waals surface area contributed by atoms with Gasteiger partial charge in [0, 0.05) is 21.1 Å². The van der Waals surface area contributed by atoms with Gasteiger partial charge in [-0.25, -0.2) is 0 Å². The van der Waals surface area contributed by atoms with E-state index in [0.29, 0.717) is 0 Å². The third-order valence-corrected chi connectivity index (χ3v) is 4.76. The van der Waals surface area contributed by atoms with Crippen molar-refractivity contribution < 1.29 is 0 Å². The Balaban J connectivity index is 2.69. The molecule has 0 bridgehead atoms. The molecule has 0 unspecified atom stereocenters. The van der Waals surface area contributed by atoms with Crippen molar-refractivity contribution in [3.63, 3.8) is 0 Å². The lowest BCUT2D eigenvalue weighted by Gasteiger charge is -2.12. The van der Waals surface area contributed by atoms with Gasteiger partial charge >= 0.3 is 0 Å². The minimum atomic E-state index is 0.919. The summed E-state index contributed by atoms with van der Waals surface area (Å²) >= 11 is 8.72. The second kappa shape index (κ2) is 4.08. The van der Waals surface area contributed by atoms with Gasteiger partial charge in [0.2, 0.25) is 0 Å². The van der Waals surface area contributed by atoms with Crippen LogP contribution in [0, 0.1) is 3.95 Å². The van der Waals surface area contributed by atoms with E-state index in [4.69, 9.17) is 12.2 Å². The van der Waals surface area contributed by atoms with Gasteiger partial charge in [0.05, 0.1) is 10.6 Å². The maximum absolute atomic E-state index is 5.31. The molecule has 2 heterocycles. The molecule has 0 saturated carbocycles. The molecule has 5 heteroatoms. The molecule has 0 radical (unpaired) electrons. The summed E-state index contributed by atoms with van der Waals surface area (Å²) in [6.07, 6.45) is 0. The highest BCUT2D eigenvalue weighted by atomic mass is 32.1. The monoisotopic (exact) mass is 256 g/mol. The van der Waals surface area contributed by atoms with Crippen LogP contribution in [0.3, 0.4) is 0 Å². The quantitative estimate of drug-likeness (QED) is 0.758. The van der Waals surface area contributed by atoms with Crippen molar-refractivity contribution in [1.29, 1.82) is 0 Å². The largest absolute Gasteiger partial charge is 0.368 e. The van der Waals surface area contributed by atoms with Crippen LogP contribution in [-0.4, -0.2) is 18.7 Å². The standard InChI is InChI=1S/C10H12N2S3/c1-11(2)9-8(7-5-4-6-14-7)12(3)10(13)15-9/h4-6H,1-3H3. The summed E-state index contributed by atoms with van der Waals surface area (Å²) in [5, 5.41) is 3.32. The van der Waals surface area contributed by atoms with Gasteiger partial charge in [-0.3, -0.25) is 0 Å². The third kappa shape index (κ3) is 1.87. The molecule has 2 aromatic heterocycles. The van der Waals surface area contributed by atoms with Gasteiger partial charge in [0.25, 0.3) is 0 Å². The lowest BCUT2D eigenvalue weighted by atomic mass is 10.3. The van der Waals surface area contributed by atoms with Crippen LogP contribution in [0.2, 0.25) is 0 Å². The second-order valence-corrected chi connectivity index (χ2v) is 6.02. The molecule has 2 nitrogen and oxygen atoms in total. The fourth-order valence-electron chi connectivity index (χ4n) is 1.42. The first-order valence-corrected chi connectivity index (χ1v) is 6.62. The first-order chi connectivity index (χ1) is 7.11. The first-order valence-electron chi connectivity index (χ1n) is 4.52. The Hall–Kier alpha value is -0.650. The minimum Gasteiger partial charge on any atom is -0.368 e. The number of rotatable bonds is 2. The molecule has 0 aromatic carbocycles. The van der Waals surface area contributed by atoms with Crippen LogP contribution in [-0.2, 0) is 7.05 Å². The molecule has 0 fully saturated rings. The minimum absolute atomic E-state index is 0.919. The van der Waals surface area contributed by atoms with Crippen molar-refractivity contribution >= 4 is 39.9 Å². The van der Waals surface area contributed by atoms with E-state index < -0.39 is 0 Å². The third-order valence-electron chi connectivity index (χ3n) is 2.16. The fraction of sp³-hybridized carbons (Fsp3) is 0.300. The summed E-state index contributed by atoms with van der Waals surface area (Å²) in [5.41, 5.74) is 1.23. The number of thiophene rings is 1. The van der Waals surface area contributed by atoms with E-state index >= 15 is 0 Å². The van der Waals surface area contributed by atoms with Crippen LogP contribution in [0.1, 0.15) is 0 Å². The Morgan fingerprint density at radius 3 is 2.67 bits per heavy atom. The molecule has 15 heavy (non-hydrogen) atoms. The summed E-state index contributed by atoms with van der Waals surface area (Å²) in [6, 6.07) is 4.20. The molecule has 0 atom stereocenters. The number of thiazole rings is 1. The Kier molecular flexibility index (Phi) is 2.95. The van der Waals surface area contributed by atoms with E-state index in [0.717, 1.165) is 3.95 Å². The molecule has 0 amide bonds. The smallest absolute Gasteiger partial charge is 0.163 e. The Bertz CT molecular complexity index is 505. The Labute approximate surface area is 102 Å². The van der Waals surface area contributed by atoms with Crippen LogP contribution in [0.5, 0.6) is 0 Å². The molecule has 2 aromatic rings. The summed E-state index contributed by atoms with van der Waals surface area (Å²) in [5.74, 6) is 0. The number of hydrogen-bond donors (Lipinski definition) is 0. The fourth-order valence-corrected chi connectivity index (χ4v) is 3.54. The topological polar surface area (TPSA) is 8.17 Å².